The first-order valence-corrected chi connectivity index (χ1v) is 7.06. The van der Waals surface area contributed by atoms with Gasteiger partial charge in [-0.1, -0.05) is 30.7 Å². The van der Waals surface area contributed by atoms with Crippen LogP contribution in [0.2, 0.25) is 5.02 Å². The molecule has 2 unspecified atom stereocenters. The van der Waals surface area contributed by atoms with Gasteiger partial charge in [0.25, 0.3) is 0 Å². The molecule has 0 radical (unpaired) electrons. The number of nitrogens with two attached hydrogens (primary N) is 1. The summed E-state index contributed by atoms with van der Waals surface area (Å²) in [5.41, 5.74) is 7.04. The third-order valence-corrected chi connectivity index (χ3v) is 4.06. The van der Waals surface area contributed by atoms with Crippen LogP contribution < -0.4 is 5.73 Å². The molecule has 0 bridgehead atoms. The molecule has 0 spiro atoms. The topological polar surface area (TPSA) is 49.5 Å². The second-order valence-electron chi connectivity index (χ2n) is 5.65. The van der Waals surface area contributed by atoms with Gasteiger partial charge in [-0.3, -0.25) is 4.90 Å². The Morgan fingerprint density at radius 2 is 2.05 bits per heavy atom. The highest BCUT2D eigenvalue weighted by Gasteiger charge is 2.32. The number of benzene rings is 1. The van der Waals surface area contributed by atoms with Gasteiger partial charge in [0.2, 0.25) is 0 Å². The summed E-state index contributed by atoms with van der Waals surface area (Å²) in [5, 5.41) is 10.3. The Bertz CT molecular complexity index is 409. The SMILES string of the molecule is CCC(N)C(c1cccc(Cl)c1)N(C)C(C)(C)CO. The highest BCUT2D eigenvalue weighted by molar-refractivity contribution is 6.30. The lowest BCUT2D eigenvalue weighted by atomic mass is 9.92. The number of halogens is 1. The minimum absolute atomic E-state index is 0.00529. The zero-order valence-electron chi connectivity index (χ0n) is 12.2. The van der Waals surface area contributed by atoms with E-state index in [4.69, 9.17) is 17.3 Å². The molecule has 0 amide bonds. The largest absolute Gasteiger partial charge is 0.394 e. The first-order chi connectivity index (χ1) is 8.83. The van der Waals surface area contributed by atoms with Gasteiger partial charge < -0.3 is 10.8 Å². The summed E-state index contributed by atoms with van der Waals surface area (Å²) in [4.78, 5) is 2.13. The van der Waals surface area contributed by atoms with E-state index in [-0.39, 0.29) is 24.2 Å². The smallest absolute Gasteiger partial charge is 0.0610 e. The molecule has 108 valence electrons. The number of likely N-dealkylation sites (N-methyl/N-ethyl adjacent to an activating group) is 1. The second kappa shape index (κ2) is 6.71. The summed E-state index contributed by atoms with van der Waals surface area (Å²) in [7, 11) is 2.00. The predicted molar refractivity (Wildman–Crippen MR) is 81.4 cm³/mol. The molecule has 1 aromatic carbocycles. The van der Waals surface area contributed by atoms with Crippen molar-refractivity contribution < 1.29 is 5.11 Å². The number of rotatable bonds is 6. The Hall–Kier alpha value is -0.610. The Balaban J connectivity index is 3.15. The molecular weight excluding hydrogens is 260 g/mol. The molecule has 1 rings (SSSR count). The predicted octanol–water partition coefficient (Wildman–Crippen LogP) is 2.82. The molecule has 0 aromatic heterocycles. The van der Waals surface area contributed by atoms with Crippen LogP contribution in [-0.4, -0.2) is 35.2 Å². The molecule has 0 heterocycles. The zero-order valence-corrected chi connectivity index (χ0v) is 13.0. The summed E-state index contributed by atoms with van der Waals surface area (Å²) in [6, 6.07) is 7.81. The quantitative estimate of drug-likeness (QED) is 0.844. The Morgan fingerprint density at radius 3 is 2.53 bits per heavy atom. The Labute approximate surface area is 121 Å². The maximum Gasteiger partial charge on any atom is 0.0610 e. The van der Waals surface area contributed by atoms with Crippen LogP contribution in [0.15, 0.2) is 24.3 Å². The van der Waals surface area contributed by atoms with Gasteiger partial charge in [-0.15, -0.1) is 0 Å². The Kier molecular flexibility index (Phi) is 5.81. The van der Waals surface area contributed by atoms with Crippen LogP contribution in [0, 0.1) is 0 Å². The summed E-state index contributed by atoms with van der Waals surface area (Å²) < 4.78 is 0. The van der Waals surface area contributed by atoms with Gasteiger partial charge >= 0.3 is 0 Å². The van der Waals surface area contributed by atoms with Crippen molar-refractivity contribution >= 4 is 11.6 Å². The fraction of sp³-hybridized carbons (Fsp3) is 0.600. The van der Waals surface area contributed by atoms with Crippen LogP contribution in [0.5, 0.6) is 0 Å². The van der Waals surface area contributed by atoms with Crippen molar-refractivity contribution in [1.29, 1.82) is 0 Å². The van der Waals surface area contributed by atoms with Gasteiger partial charge in [-0.2, -0.15) is 0 Å². The van der Waals surface area contributed by atoms with E-state index in [2.05, 4.69) is 11.8 Å². The van der Waals surface area contributed by atoms with E-state index in [0.29, 0.717) is 5.02 Å². The second-order valence-corrected chi connectivity index (χ2v) is 6.09. The lowest BCUT2D eigenvalue weighted by molar-refractivity contribution is 0.0345. The minimum Gasteiger partial charge on any atom is -0.394 e. The summed E-state index contributed by atoms with van der Waals surface area (Å²) in [6.07, 6.45) is 0.864. The highest BCUT2D eigenvalue weighted by atomic mass is 35.5. The summed E-state index contributed by atoms with van der Waals surface area (Å²) >= 11 is 6.08. The standard InChI is InChI=1S/C15H25ClN2O/c1-5-13(17)14(18(4)15(2,3)10-19)11-7-6-8-12(16)9-11/h6-9,13-14,19H,5,10,17H2,1-4H3. The molecule has 0 saturated heterocycles. The zero-order chi connectivity index (χ0) is 14.6. The lowest BCUT2D eigenvalue weighted by Crippen LogP contribution is -2.51. The van der Waals surface area contributed by atoms with E-state index < -0.39 is 0 Å². The van der Waals surface area contributed by atoms with Gasteiger partial charge in [0.05, 0.1) is 12.6 Å². The minimum atomic E-state index is -0.334. The molecule has 0 saturated carbocycles. The normalized spacial score (nSPS) is 15.6. The molecule has 2 atom stereocenters. The monoisotopic (exact) mass is 284 g/mol. The van der Waals surface area contributed by atoms with Crippen molar-refractivity contribution in [2.75, 3.05) is 13.7 Å². The fourth-order valence-electron chi connectivity index (χ4n) is 2.16. The van der Waals surface area contributed by atoms with E-state index in [1.165, 1.54) is 0 Å². The van der Waals surface area contributed by atoms with E-state index >= 15 is 0 Å². The molecule has 0 aliphatic carbocycles. The van der Waals surface area contributed by atoms with Gasteiger partial charge in [-0.05, 0) is 45.0 Å². The van der Waals surface area contributed by atoms with Crippen LogP contribution in [0.3, 0.4) is 0 Å². The Morgan fingerprint density at radius 1 is 1.42 bits per heavy atom. The molecule has 19 heavy (non-hydrogen) atoms. The molecule has 3 N–H and O–H groups in total. The van der Waals surface area contributed by atoms with E-state index in [0.717, 1.165) is 12.0 Å². The third kappa shape index (κ3) is 3.93. The van der Waals surface area contributed by atoms with E-state index in [1.807, 2.05) is 45.2 Å². The number of hydrogen-bond acceptors (Lipinski definition) is 3. The van der Waals surface area contributed by atoms with E-state index in [1.54, 1.807) is 0 Å². The molecule has 0 fully saturated rings. The van der Waals surface area contributed by atoms with Gasteiger partial charge in [0, 0.05) is 16.6 Å². The molecule has 0 aliphatic rings. The molecule has 1 aromatic rings. The summed E-state index contributed by atoms with van der Waals surface area (Å²) in [5.74, 6) is 0. The first kappa shape index (κ1) is 16.4. The average Bonchev–Trinajstić information content (AvgIpc) is 2.38. The van der Waals surface area contributed by atoms with Crippen LogP contribution in [-0.2, 0) is 0 Å². The van der Waals surface area contributed by atoms with Crippen molar-refractivity contribution in [3.63, 3.8) is 0 Å². The summed E-state index contributed by atoms with van der Waals surface area (Å²) in [6.45, 7) is 6.17. The number of aliphatic hydroxyl groups excluding tert-OH is 1. The molecule has 3 nitrogen and oxygen atoms in total. The van der Waals surface area contributed by atoms with Crippen LogP contribution in [0.4, 0.5) is 0 Å². The van der Waals surface area contributed by atoms with Crippen LogP contribution in [0.25, 0.3) is 0 Å². The van der Waals surface area contributed by atoms with Crippen molar-refractivity contribution in [3.8, 4) is 0 Å². The van der Waals surface area contributed by atoms with E-state index in [9.17, 15) is 5.11 Å². The molecule has 4 heteroatoms. The first-order valence-electron chi connectivity index (χ1n) is 6.68. The highest BCUT2D eigenvalue weighted by Crippen LogP contribution is 2.31. The van der Waals surface area contributed by atoms with Crippen molar-refractivity contribution in [1.82, 2.24) is 4.90 Å². The number of hydrogen-bond donors (Lipinski definition) is 2. The van der Waals surface area contributed by atoms with Crippen molar-refractivity contribution in [2.45, 2.75) is 44.8 Å². The maximum atomic E-state index is 9.56. The number of nitrogens with zero attached hydrogens (tertiary/aromatic N) is 1. The fourth-order valence-corrected chi connectivity index (χ4v) is 2.36. The molecule has 0 aliphatic heterocycles. The van der Waals surface area contributed by atoms with Gasteiger partial charge in [-0.25, -0.2) is 0 Å². The average molecular weight is 285 g/mol. The third-order valence-electron chi connectivity index (χ3n) is 3.83. The molecular formula is C15H25ClN2O. The van der Waals surface area contributed by atoms with Crippen molar-refractivity contribution in [2.24, 2.45) is 5.73 Å². The number of aliphatic hydroxyl groups is 1. The van der Waals surface area contributed by atoms with Crippen LogP contribution in [0.1, 0.15) is 38.8 Å². The van der Waals surface area contributed by atoms with Gasteiger partial charge in [0.1, 0.15) is 0 Å². The lowest BCUT2D eigenvalue weighted by Gasteiger charge is -2.42. The van der Waals surface area contributed by atoms with Crippen LogP contribution >= 0.6 is 11.6 Å². The van der Waals surface area contributed by atoms with Crippen molar-refractivity contribution in [3.05, 3.63) is 34.9 Å². The maximum absolute atomic E-state index is 9.56. The van der Waals surface area contributed by atoms with Gasteiger partial charge in [0.15, 0.2) is 0 Å².